The summed E-state index contributed by atoms with van der Waals surface area (Å²) in [5.74, 6) is -0.112. The van der Waals surface area contributed by atoms with E-state index in [0.29, 0.717) is 47.9 Å². The van der Waals surface area contributed by atoms with Gasteiger partial charge in [0.2, 0.25) is 17.6 Å². The summed E-state index contributed by atoms with van der Waals surface area (Å²) < 4.78 is 32.9. The lowest BCUT2D eigenvalue weighted by atomic mass is 9.98. The maximum atomic E-state index is 13.2. The van der Waals surface area contributed by atoms with E-state index in [1.807, 2.05) is 0 Å². The Labute approximate surface area is 189 Å². The quantitative estimate of drug-likeness (QED) is 0.544. The Morgan fingerprint density at radius 1 is 1.28 bits per heavy atom. The number of rotatable bonds is 6. The van der Waals surface area contributed by atoms with E-state index in [1.54, 1.807) is 36.6 Å². The summed E-state index contributed by atoms with van der Waals surface area (Å²) in [7, 11) is -3.76. The van der Waals surface area contributed by atoms with Crippen molar-refractivity contribution in [1.29, 1.82) is 0 Å². The van der Waals surface area contributed by atoms with E-state index in [0.717, 1.165) is 11.3 Å². The van der Waals surface area contributed by atoms with Gasteiger partial charge in [0.25, 0.3) is 10.0 Å². The molecule has 0 aliphatic carbocycles. The second-order valence-electron chi connectivity index (χ2n) is 7.62. The topological polar surface area (TPSA) is 122 Å². The number of ketones is 1. The summed E-state index contributed by atoms with van der Waals surface area (Å²) in [5, 5.41) is 8.31. The summed E-state index contributed by atoms with van der Waals surface area (Å²) in [6.45, 7) is 3.56. The van der Waals surface area contributed by atoms with Crippen LogP contribution in [0.3, 0.4) is 0 Å². The van der Waals surface area contributed by atoms with Gasteiger partial charge in [0, 0.05) is 42.2 Å². The second-order valence-corrected chi connectivity index (χ2v) is 10.7. The zero-order valence-electron chi connectivity index (χ0n) is 17.6. The molecule has 0 unspecified atom stereocenters. The molecule has 1 N–H and O–H groups in total. The second kappa shape index (κ2) is 8.93. The van der Waals surface area contributed by atoms with Gasteiger partial charge in [0.1, 0.15) is 4.21 Å². The fraction of sp³-hybridized carbons (Fsp3) is 0.333. The van der Waals surface area contributed by atoms with E-state index in [9.17, 15) is 18.0 Å². The smallest absolute Gasteiger partial charge is 0.252 e. The van der Waals surface area contributed by atoms with Gasteiger partial charge in [-0.2, -0.15) is 9.29 Å². The average molecular weight is 475 g/mol. The van der Waals surface area contributed by atoms with Crippen molar-refractivity contribution in [2.24, 2.45) is 5.92 Å². The first-order valence-corrected chi connectivity index (χ1v) is 12.4. The molecule has 0 spiro atoms. The lowest BCUT2D eigenvalue weighted by molar-refractivity contribution is -0.120. The number of carbonyl (C=O) groups excluding carboxylic acids is 2. The van der Waals surface area contributed by atoms with Crippen molar-refractivity contribution in [1.82, 2.24) is 14.4 Å². The molecule has 1 aromatic carbocycles. The number of amides is 1. The third-order valence-electron chi connectivity index (χ3n) is 5.25. The van der Waals surface area contributed by atoms with E-state index in [2.05, 4.69) is 15.5 Å². The van der Waals surface area contributed by atoms with Crippen molar-refractivity contribution in [3.8, 4) is 11.4 Å². The Morgan fingerprint density at radius 3 is 2.81 bits per heavy atom. The summed E-state index contributed by atoms with van der Waals surface area (Å²) in [4.78, 5) is 28.5. The maximum absolute atomic E-state index is 13.2. The van der Waals surface area contributed by atoms with Crippen molar-refractivity contribution < 1.29 is 22.5 Å². The molecule has 32 heavy (non-hydrogen) atoms. The number of hydrogen-bond acceptors (Lipinski definition) is 8. The fourth-order valence-corrected chi connectivity index (χ4v) is 6.38. The van der Waals surface area contributed by atoms with Gasteiger partial charge in [-0.25, -0.2) is 8.42 Å². The number of aromatic nitrogens is 2. The lowest BCUT2D eigenvalue weighted by Gasteiger charge is -2.30. The first-order valence-electron chi connectivity index (χ1n) is 10.1. The summed E-state index contributed by atoms with van der Waals surface area (Å²) >= 11 is 1.09. The maximum Gasteiger partial charge on any atom is 0.252 e. The highest BCUT2D eigenvalue weighted by molar-refractivity contribution is 7.91. The molecule has 2 aromatic heterocycles. The average Bonchev–Trinajstić information content (AvgIpc) is 3.43. The van der Waals surface area contributed by atoms with Gasteiger partial charge in [0.05, 0.1) is 5.92 Å². The minimum Gasteiger partial charge on any atom is -0.339 e. The molecular weight excluding hydrogens is 452 g/mol. The molecule has 4 rings (SSSR count). The van der Waals surface area contributed by atoms with E-state index in [-0.39, 0.29) is 22.4 Å². The van der Waals surface area contributed by atoms with Crippen LogP contribution in [0, 0.1) is 12.8 Å². The van der Waals surface area contributed by atoms with E-state index in [4.69, 9.17) is 4.52 Å². The molecule has 3 aromatic rings. The summed E-state index contributed by atoms with van der Waals surface area (Å²) in [6, 6.07) is 8.22. The van der Waals surface area contributed by atoms with Crippen molar-refractivity contribution >= 4 is 38.7 Å². The minimum atomic E-state index is -3.76. The normalized spacial score (nSPS) is 17.2. The summed E-state index contributed by atoms with van der Waals surface area (Å²) in [5.41, 5.74) is 1.59. The zero-order valence-corrected chi connectivity index (χ0v) is 19.2. The molecule has 1 aliphatic rings. The predicted octanol–water partition coefficient (Wildman–Crippen LogP) is 3.35. The van der Waals surface area contributed by atoms with Crippen LogP contribution < -0.4 is 5.32 Å². The van der Waals surface area contributed by atoms with Gasteiger partial charge in [-0.3, -0.25) is 9.59 Å². The number of Topliss-reactive ketones (excluding diaryl/α,β-unsaturated/α-hetero) is 1. The van der Waals surface area contributed by atoms with Crippen molar-refractivity contribution in [3.63, 3.8) is 0 Å². The van der Waals surface area contributed by atoms with Crippen LogP contribution in [0.1, 0.15) is 36.0 Å². The van der Waals surface area contributed by atoms with Crippen molar-refractivity contribution in [3.05, 3.63) is 47.2 Å². The van der Waals surface area contributed by atoms with Crippen LogP contribution >= 0.6 is 11.3 Å². The molecule has 1 atom stereocenters. The number of aryl methyl sites for hydroxylation is 1. The van der Waals surface area contributed by atoms with E-state index < -0.39 is 15.9 Å². The highest BCUT2D eigenvalue weighted by atomic mass is 32.2. The van der Waals surface area contributed by atoms with Crippen LogP contribution in [-0.4, -0.2) is 47.6 Å². The molecule has 168 valence electrons. The van der Waals surface area contributed by atoms with E-state index >= 15 is 0 Å². The number of nitrogens with one attached hydrogen (secondary N) is 1. The lowest BCUT2D eigenvalue weighted by Crippen LogP contribution is -2.43. The standard InChI is InChI=1S/C21H22N4O5S2/c1-13(26)15-5-3-7-18(9-15)23-21(27)16-6-4-8-25(11-16)32(28,29)19-10-17(12-31-19)20-22-14(2)30-24-20/h3,5,7,9-10,12,16H,4,6,8,11H2,1-2H3,(H,23,27)/t16-/m1/s1. The monoisotopic (exact) mass is 474 g/mol. The number of piperidine rings is 1. The first kappa shape index (κ1) is 22.3. The Balaban J connectivity index is 1.47. The number of benzene rings is 1. The largest absolute Gasteiger partial charge is 0.339 e. The number of sulfonamides is 1. The van der Waals surface area contributed by atoms with Crippen LogP contribution in [-0.2, 0) is 14.8 Å². The van der Waals surface area contributed by atoms with Gasteiger partial charge < -0.3 is 9.84 Å². The SMILES string of the molecule is CC(=O)c1cccc(NC(=O)[C@@H]2CCCN(S(=O)(=O)c3cc(-c4noc(C)n4)cs3)C2)c1. The Hall–Kier alpha value is -2.89. The minimum absolute atomic E-state index is 0.0924. The molecule has 1 aliphatic heterocycles. The van der Waals surface area contributed by atoms with Gasteiger partial charge in [0.15, 0.2) is 5.78 Å². The third kappa shape index (κ3) is 4.64. The molecule has 9 nitrogen and oxygen atoms in total. The first-order chi connectivity index (χ1) is 15.2. The number of nitrogens with zero attached hydrogens (tertiary/aromatic N) is 3. The number of anilines is 1. The highest BCUT2D eigenvalue weighted by Crippen LogP contribution is 2.31. The molecule has 0 saturated carbocycles. The highest BCUT2D eigenvalue weighted by Gasteiger charge is 2.34. The van der Waals surface area contributed by atoms with Gasteiger partial charge in [-0.05, 0) is 38.0 Å². The van der Waals surface area contributed by atoms with Crippen molar-refractivity contribution in [2.45, 2.75) is 30.9 Å². The van der Waals surface area contributed by atoms with Crippen LogP contribution in [0.15, 0.2) is 44.4 Å². The number of hydrogen-bond donors (Lipinski definition) is 1. The van der Waals surface area contributed by atoms with Crippen LogP contribution in [0.5, 0.6) is 0 Å². The molecule has 1 fully saturated rings. The Bertz CT molecular complexity index is 1260. The zero-order chi connectivity index (χ0) is 22.9. The van der Waals surface area contributed by atoms with Crippen LogP contribution in [0.4, 0.5) is 5.69 Å². The third-order valence-corrected chi connectivity index (χ3v) is 8.53. The Morgan fingerprint density at radius 2 is 2.09 bits per heavy atom. The molecule has 1 amide bonds. The molecule has 3 heterocycles. The molecule has 0 bridgehead atoms. The van der Waals surface area contributed by atoms with Gasteiger partial charge in [-0.1, -0.05) is 17.3 Å². The Kier molecular flexibility index (Phi) is 6.22. The predicted molar refractivity (Wildman–Crippen MR) is 119 cm³/mol. The summed E-state index contributed by atoms with van der Waals surface area (Å²) in [6.07, 6.45) is 1.16. The number of carbonyl (C=O) groups is 2. The number of thiophene rings is 1. The molecule has 0 radical (unpaired) electrons. The van der Waals surface area contributed by atoms with Gasteiger partial charge in [-0.15, -0.1) is 11.3 Å². The van der Waals surface area contributed by atoms with Crippen LogP contribution in [0.2, 0.25) is 0 Å². The van der Waals surface area contributed by atoms with Gasteiger partial charge >= 0.3 is 0 Å². The molecule has 11 heteroatoms. The fourth-order valence-electron chi connectivity index (χ4n) is 3.55. The van der Waals surface area contributed by atoms with Crippen LogP contribution in [0.25, 0.3) is 11.4 Å². The van der Waals surface area contributed by atoms with E-state index in [1.165, 1.54) is 17.3 Å². The molecule has 1 saturated heterocycles. The molecular formula is C21H22N4O5S2. The van der Waals surface area contributed by atoms with Crippen molar-refractivity contribution in [2.75, 3.05) is 18.4 Å².